The van der Waals surface area contributed by atoms with Crippen LogP contribution in [0.25, 0.3) is 16.0 Å². The topological polar surface area (TPSA) is 61.9 Å². The summed E-state index contributed by atoms with van der Waals surface area (Å²) in [7, 11) is -1.14. The molecule has 4 rings (SSSR count). The second-order valence-corrected chi connectivity index (χ2v) is 15.6. The minimum absolute atomic E-state index is 0.0206. The van der Waals surface area contributed by atoms with Gasteiger partial charge in [0.1, 0.15) is 6.73 Å². The van der Waals surface area contributed by atoms with Gasteiger partial charge < -0.3 is 4.74 Å². The lowest BCUT2D eigenvalue weighted by molar-refractivity contribution is 0.0888. The maximum Gasteiger partial charge on any atom is 0.310 e. The zero-order valence-corrected chi connectivity index (χ0v) is 20.2. The molecule has 0 spiro atoms. The Balaban J connectivity index is 1.52. The standard InChI is InChI=1S/C23H28N4O2SSi/c1-17(19-10-12-27(25-19)22-7-5-6-11-24-22)18-8-9-20-21(15-18)30-23(28)26(20)16-29-13-14-31(2,3)4/h5-12,15,17H,13-14,16H2,1-4H3. The quantitative estimate of drug-likeness (QED) is 0.275. The van der Waals surface area contributed by atoms with Crippen molar-refractivity contribution in [1.29, 1.82) is 0 Å². The lowest BCUT2D eigenvalue weighted by Gasteiger charge is -2.15. The first kappa shape index (κ1) is 21.7. The molecule has 6 nitrogen and oxygen atoms in total. The number of thiazole rings is 1. The number of fused-ring (bicyclic) bond motifs is 1. The first-order valence-electron chi connectivity index (χ1n) is 10.5. The third-order valence-electron chi connectivity index (χ3n) is 5.35. The molecule has 3 aromatic heterocycles. The molecular weight excluding hydrogens is 424 g/mol. The van der Waals surface area contributed by atoms with E-state index in [0.717, 1.165) is 33.3 Å². The molecule has 0 aliphatic rings. The van der Waals surface area contributed by atoms with E-state index in [-0.39, 0.29) is 10.8 Å². The summed E-state index contributed by atoms with van der Waals surface area (Å²) in [5.41, 5.74) is 3.02. The van der Waals surface area contributed by atoms with Crippen molar-refractivity contribution in [3.05, 3.63) is 75.8 Å². The monoisotopic (exact) mass is 452 g/mol. The number of hydrogen-bond donors (Lipinski definition) is 0. The highest BCUT2D eigenvalue weighted by Gasteiger charge is 2.16. The highest BCUT2D eigenvalue weighted by Crippen LogP contribution is 2.28. The molecule has 8 heteroatoms. The van der Waals surface area contributed by atoms with Crippen LogP contribution in [0.5, 0.6) is 0 Å². The summed E-state index contributed by atoms with van der Waals surface area (Å²) in [5.74, 6) is 0.897. The second-order valence-electron chi connectivity index (χ2n) is 8.97. The van der Waals surface area contributed by atoms with E-state index in [4.69, 9.17) is 9.84 Å². The van der Waals surface area contributed by atoms with Gasteiger partial charge in [0.05, 0.1) is 15.9 Å². The number of aromatic nitrogens is 4. The molecule has 162 valence electrons. The summed E-state index contributed by atoms with van der Waals surface area (Å²) in [4.78, 5) is 16.9. The molecule has 0 N–H and O–H groups in total. The summed E-state index contributed by atoms with van der Waals surface area (Å²) in [6.07, 6.45) is 3.69. The van der Waals surface area contributed by atoms with Gasteiger partial charge in [0.15, 0.2) is 5.82 Å². The summed E-state index contributed by atoms with van der Waals surface area (Å²) in [6.45, 7) is 10.1. The highest BCUT2D eigenvalue weighted by molar-refractivity contribution is 7.16. The van der Waals surface area contributed by atoms with Crippen LogP contribution in [-0.4, -0.2) is 34.0 Å². The summed E-state index contributed by atoms with van der Waals surface area (Å²) in [5, 5.41) is 4.70. The number of hydrogen-bond acceptors (Lipinski definition) is 5. The molecular formula is C23H28N4O2SSi. The van der Waals surface area contributed by atoms with E-state index in [0.29, 0.717) is 13.3 Å². The average Bonchev–Trinajstić information content (AvgIpc) is 3.35. The van der Waals surface area contributed by atoms with Gasteiger partial charge in [-0.15, -0.1) is 0 Å². The maximum absolute atomic E-state index is 12.5. The van der Waals surface area contributed by atoms with E-state index in [2.05, 4.69) is 43.7 Å². The predicted octanol–water partition coefficient (Wildman–Crippen LogP) is 5.11. The first-order valence-corrected chi connectivity index (χ1v) is 15.0. The van der Waals surface area contributed by atoms with Crippen LogP contribution in [-0.2, 0) is 11.5 Å². The number of nitrogens with zero attached hydrogens (tertiary/aromatic N) is 4. The van der Waals surface area contributed by atoms with Crippen LogP contribution >= 0.6 is 11.3 Å². The van der Waals surface area contributed by atoms with E-state index >= 15 is 0 Å². The van der Waals surface area contributed by atoms with Gasteiger partial charge in [-0.25, -0.2) is 9.67 Å². The second kappa shape index (κ2) is 8.90. The molecule has 4 aromatic rings. The van der Waals surface area contributed by atoms with E-state index in [9.17, 15) is 4.79 Å². The van der Waals surface area contributed by atoms with Gasteiger partial charge in [0.25, 0.3) is 0 Å². The molecule has 0 fully saturated rings. The van der Waals surface area contributed by atoms with Gasteiger partial charge in [0, 0.05) is 33.0 Å². The molecule has 0 aliphatic heterocycles. The van der Waals surface area contributed by atoms with Gasteiger partial charge in [-0.05, 0) is 41.9 Å². The minimum atomic E-state index is -1.14. The molecule has 31 heavy (non-hydrogen) atoms. The van der Waals surface area contributed by atoms with Crippen molar-refractivity contribution in [3.8, 4) is 5.82 Å². The van der Waals surface area contributed by atoms with Gasteiger partial charge in [-0.2, -0.15) is 5.10 Å². The molecule has 0 saturated carbocycles. The van der Waals surface area contributed by atoms with Gasteiger partial charge in [0.2, 0.25) is 0 Å². The summed E-state index contributed by atoms with van der Waals surface area (Å²) < 4.78 is 10.3. The van der Waals surface area contributed by atoms with Crippen LogP contribution in [0.3, 0.4) is 0 Å². The Bertz CT molecular complexity index is 1220. The number of pyridine rings is 1. The number of rotatable bonds is 8. The Hall–Kier alpha value is -2.55. The van der Waals surface area contributed by atoms with Crippen LogP contribution in [0.4, 0.5) is 0 Å². The molecule has 1 atom stereocenters. The first-order chi connectivity index (χ1) is 14.8. The van der Waals surface area contributed by atoms with Crippen molar-refractivity contribution in [2.45, 2.75) is 45.3 Å². The highest BCUT2D eigenvalue weighted by atomic mass is 32.1. The lowest BCUT2D eigenvalue weighted by Crippen LogP contribution is -2.23. The van der Waals surface area contributed by atoms with Gasteiger partial charge in [-0.3, -0.25) is 9.36 Å². The number of benzene rings is 1. The van der Waals surface area contributed by atoms with Crippen molar-refractivity contribution >= 4 is 29.6 Å². The Labute approximate surface area is 187 Å². The predicted molar refractivity (Wildman–Crippen MR) is 129 cm³/mol. The normalized spacial score (nSPS) is 13.0. The van der Waals surface area contributed by atoms with E-state index in [1.165, 1.54) is 11.3 Å². The van der Waals surface area contributed by atoms with Gasteiger partial charge in [-0.1, -0.05) is 50.0 Å². The Morgan fingerprint density at radius 1 is 1.16 bits per heavy atom. The fourth-order valence-corrected chi connectivity index (χ4v) is 5.05. The number of ether oxygens (including phenoxy) is 1. The minimum Gasteiger partial charge on any atom is -0.361 e. The zero-order valence-electron chi connectivity index (χ0n) is 18.4. The molecule has 0 radical (unpaired) electrons. The summed E-state index contributed by atoms with van der Waals surface area (Å²) in [6, 6.07) is 15.1. The summed E-state index contributed by atoms with van der Waals surface area (Å²) >= 11 is 1.27. The SMILES string of the molecule is CC(c1ccc2c(c1)sc(=O)n2COCC[Si](C)(C)C)c1ccn(-c2ccccn2)n1. The van der Waals surface area contributed by atoms with Crippen LogP contribution in [0.1, 0.15) is 24.1 Å². The Kier molecular flexibility index (Phi) is 6.22. The lowest BCUT2D eigenvalue weighted by atomic mass is 9.98. The third kappa shape index (κ3) is 5.03. The Morgan fingerprint density at radius 2 is 2.00 bits per heavy atom. The largest absolute Gasteiger partial charge is 0.361 e. The van der Waals surface area contributed by atoms with Crippen LogP contribution in [0.2, 0.25) is 25.7 Å². The van der Waals surface area contributed by atoms with Gasteiger partial charge >= 0.3 is 4.87 Å². The molecule has 1 unspecified atom stereocenters. The molecule has 0 bridgehead atoms. The fourth-order valence-electron chi connectivity index (χ4n) is 3.37. The maximum atomic E-state index is 12.5. The zero-order chi connectivity index (χ0) is 22.0. The van der Waals surface area contributed by atoms with Crippen molar-refractivity contribution in [2.24, 2.45) is 0 Å². The van der Waals surface area contributed by atoms with Crippen molar-refractivity contribution in [1.82, 2.24) is 19.3 Å². The van der Waals surface area contributed by atoms with Crippen molar-refractivity contribution < 1.29 is 4.74 Å². The van der Waals surface area contributed by atoms with E-state index in [1.807, 2.05) is 36.5 Å². The molecule has 0 saturated heterocycles. The molecule has 0 aliphatic carbocycles. The van der Waals surface area contributed by atoms with Crippen LogP contribution < -0.4 is 4.87 Å². The smallest absolute Gasteiger partial charge is 0.310 e. The third-order valence-corrected chi connectivity index (χ3v) is 7.99. The van der Waals surface area contributed by atoms with Crippen molar-refractivity contribution in [2.75, 3.05) is 6.61 Å². The van der Waals surface area contributed by atoms with E-state index in [1.54, 1.807) is 15.4 Å². The van der Waals surface area contributed by atoms with Crippen LogP contribution in [0.15, 0.2) is 59.7 Å². The molecule has 0 amide bonds. The Morgan fingerprint density at radius 3 is 2.74 bits per heavy atom. The fraction of sp³-hybridized carbons (Fsp3) is 0.348. The molecule has 3 heterocycles. The van der Waals surface area contributed by atoms with E-state index < -0.39 is 8.07 Å². The van der Waals surface area contributed by atoms with Crippen LogP contribution in [0, 0.1) is 0 Å². The molecule has 1 aromatic carbocycles. The average molecular weight is 453 g/mol. The van der Waals surface area contributed by atoms with Crippen molar-refractivity contribution in [3.63, 3.8) is 0 Å².